The molecule has 15 heavy (non-hydrogen) atoms. The van der Waals surface area contributed by atoms with Gasteiger partial charge in [0, 0.05) is 6.54 Å². The standard InChI is InChI=1S/C13H16N2/c1-14-13-7-5-12(6-8-13)11-15-9-3-2-4-10-15/h5-8H,2-4,9-11H2. The SMILES string of the molecule is [C-]#[N+]c1ccc(CN2CCCCC2)cc1. The summed E-state index contributed by atoms with van der Waals surface area (Å²) in [7, 11) is 0. The van der Waals surface area contributed by atoms with Gasteiger partial charge in [-0.2, -0.15) is 0 Å². The van der Waals surface area contributed by atoms with Crippen molar-refractivity contribution >= 4 is 5.69 Å². The smallest absolute Gasteiger partial charge is 0.187 e. The van der Waals surface area contributed by atoms with E-state index in [0.29, 0.717) is 0 Å². The first-order chi connectivity index (χ1) is 7.38. The highest BCUT2D eigenvalue weighted by Crippen LogP contribution is 2.16. The predicted octanol–water partition coefficient (Wildman–Crippen LogP) is 3.22. The van der Waals surface area contributed by atoms with E-state index < -0.39 is 0 Å². The number of benzene rings is 1. The summed E-state index contributed by atoms with van der Waals surface area (Å²) in [5.41, 5.74) is 2.06. The molecule has 1 aromatic carbocycles. The van der Waals surface area contributed by atoms with Crippen molar-refractivity contribution in [1.29, 1.82) is 0 Å². The van der Waals surface area contributed by atoms with Crippen molar-refractivity contribution in [3.05, 3.63) is 41.2 Å². The molecule has 0 saturated carbocycles. The first-order valence-electron chi connectivity index (χ1n) is 5.57. The zero-order chi connectivity index (χ0) is 10.5. The molecule has 2 heteroatoms. The van der Waals surface area contributed by atoms with Crippen LogP contribution >= 0.6 is 0 Å². The van der Waals surface area contributed by atoms with Crippen LogP contribution in [-0.4, -0.2) is 18.0 Å². The molecule has 0 bridgehead atoms. The van der Waals surface area contributed by atoms with E-state index in [2.05, 4.69) is 21.9 Å². The Balaban J connectivity index is 1.95. The monoisotopic (exact) mass is 200 g/mol. The zero-order valence-corrected chi connectivity index (χ0v) is 8.95. The quantitative estimate of drug-likeness (QED) is 0.665. The number of likely N-dealkylation sites (tertiary alicyclic amines) is 1. The van der Waals surface area contributed by atoms with E-state index in [9.17, 15) is 0 Å². The second-order valence-electron chi connectivity index (χ2n) is 4.12. The Bertz CT molecular complexity index is 342. The Labute approximate surface area is 91.3 Å². The van der Waals surface area contributed by atoms with Gasteiger partial charge >= 0.3 is 0 Å². The van der Waals surface area contributed by atoms with Crippen LogP contribution in [0.1, 0.15) is 24.8 Å². The first kappa shape index (κ1) is 10.2. The summed E-state index contributed by atoms with van der Waals surface area (Å²) in [5.74, 6) is 0. The molecule has 0 aliphatic carbocycles. The van der Waals surface area contributed by atoms with Crippen molar-refractivity contribution in [2.45, 2.75) is 25.8 Å². The normalized spacial score (nSPS) is 17.3. The van der Waals surface area contributed by atoms with Crippen LogP contribution in [0.4, 0.5) is 5.69 Å². The van der Waals surface area contributed by atoms with Crippen molar-refractivity contribution in [2.24, 2.45) is 0 Å². The molecule has 1 aromatic rings. The number of hydrogen-bond acceptors (Lipinski definition) is 1. The van der Waals surface area contributed by atoms with E-state index in [1.807, 2.05) is 12.1 Å². The van der Waals surface area contributed by atoms with Gasteiger partial charge in [0.15, 0.2) is 5.69 Å². The maximum Gasteiger partial charge on any atom is 0.187 e. The predicted molar refractivity (Wildman–Crippen MR) is 61.8 cm³/mol. The van der Waals surface area contributed by atoms with E-state index >= 15 is 0 Å². The Morgan fingerprint density at radius 1 is 1.07 bits per heavy atom. The summed E-state index contributed by atoms with van der Waals surface area (Å²) >= 11 is 0. The molecule has 0 atom stereocenters. The summed E-state index contributed by atoms with van der Waals surface area (Å²) in [6.07, 6.45) is 4.05. The van der Waals surface area contributed by atoms with E-state index in [4.69, 9.17) is 6.57 Å². The van der Waals surface area contributed by atoms with Crippen molar-refractivity contribution in [3.8, 4) is 0 Å². The molecule has 0 aromatic heterocycles. The molecule has 0 radical (unpaired) electrons. The first-order valence-corrected chi connectivity index (χ1v) is 5.57. The van der Waals surface area contributed by atoms with Gasteiger partial charge in [0.2, 0.25) is 0 Å². The molecule has 2 rings (SSSR count). The lowest BCUT2D eigenvalue weighted by Crippen LogP contribution is -2.28. The molecule has 78 valence electrons. The summed E-state index contributed by atoms with van der Waals surface area (Å²) in [6.45, 7) is 10.4. The lowest BCUT2D eigenvalue weighted by molar-refractivity contribution is 0.221. The largest absolute Gasteiger partial charge is 0.299 e. The van der Waals surface area contributed by atoms with Gasteiger partial charge < -0.3 is 0 Å². The van der Waals surface area contributed by atoms with Crippen molar-refractivity contribution < 1.29 is 0 Å². The number of rotatable bonds is 2. The van der Waals surface area contributed by atoms with E-state index in [-0.39, 0.29) is 0 Å². The molecule has 0 N–H and O–H groups in total. The highest BCUT2D eigenvalue weighted by atomic mass is 15.1. The van der Waals surface area contributed by atoms with Crippen LogP contribution in [0, 0.1) is 6.57 Å². The zero-order valence-electron chi connectivity index (χ0n) is 8.95. The number of hydrogen-bond donors (Lipinski definition) is 0. The average Bonchev–Trinajstić information content (AvgIpc) is 2.31. The molecule has 1 fully saturated rings. The summed E-state index contributed by atoms with van der Waals surface area (Å²) < 4.78 is 0. The maximum atomic E-state index is 6.88. The number of nitrogens with zero attached hydrogens (tertiary/aromatic N) is 2. The molecule has 1 saturated heterocycles. The molecule has 2 nitrogen and oxygen atoms in total. The van der Waals surface area contributed by atoms with E-state index in [0.717, 1.165) is 12.2 Å². The molecule has 1 heterocycles. The fourth-order valence-electron chi connectivity index (χ4n) is 2.05. The van der Waals surface area contributed by atoms with Crippen LogP contribution in [-0.2, 0) is 6.54 Å². The molecule has 0 spiro atoms. The molecule has 1 aliphatic heterocycles. The van der Waals surface area contributed by atoms with Crippen molar-refractivity contribution in [2.75, 3.05) is 13.1 Å². The summed E-state index contributed by atoms with van der Waals surface area (Å²) in [6, 6.07) is 7.96. The van der Waals surface area contributed by atoms with Crippen molar-refractivity contribution in [1.82, 2.24) is 4.90 Å². The fraction of sp³-hybridized carbons (Fsp3) is 0.462. The average molecular weight is 200 g/mol. The highest BCUT2D eigenvalue weighted by Gasteiger charge is 2.09. The summed E-state index contributed by atoms with van der Waals surface area (Å²) in [5, 5.41) is 0. The Hall–Kier alpha value is -1.33. The minimum Gasteiger partial charge on any atom is -0.299 e. The van der Waals surface area contributed by atoms with Gasteiger partial charge in [-0.15, -0.1) is 0 Å². The minimum atomic E-state index is 0.734. The fourth-order valence-corrected chi connectivity index (χ4v) is 2.05. The van der Waals surface area contributed by atoms with Gasteiger partial charge in [-0.3, -0.25) is 4.90 Å². The molecule has 0 amide bonds. The maximum absolute atomic E-state index is 6.88. The van der Waals surface area contributed by atoms with Crippen molar-refractivity contribution in [3.63, 3.8) is 0 Å². The van der Waals surface area contributed by atoms with Gasteiger partial charge in [0.25, 0.3) is 0 Å². The Morgan fingerprint density at radius 2 is 1.73 bits per heavy atom. The Morgan fingerprint density at radius 3 is 2.33 bits per heavy atom. The second kappa shape index (κ2) is 4.95. The van der Waals surface area contributed by atoms with Gasteiger partial charge in [-0.25, -0.2) is 4.85 Å². The third-order valence-corrected chi connectivity index (χ3v) is 2.92. The van der Waals surface area contributed by atoms with Crippen LogP contribution < -0.4 is 0 Å². The molecular weight excluding hydrogens is 184 g/mol. The van der Waals surface area contributed by atoms with Crippen LogP contribution in [0.5, 0.6) is 0 Å². The van der Waals surface area contributed by atoms with Gasteiger partial charge in [-0.1, -0.05) is 30.7 Å². The van der Waals surface area contributed by atoms with E-state index in [1.54, 1.807) is 0 Å². The molecule has 1 aliphatic rings. The van der Waals surface area contributed by atoms with Crippen LogP contribution in [0.25, 0.3) is 4.85 Å². The van der Waals surface area contributed by atoms with Crippen LogP contribution in [0.3, 0.4) is 0 Å². The lowest BCUT2D eigenvalue weighted by Gasteiger charge is -2.26. The lowest BCUT2D eigenvalue weighted by atomic mass is 10.1. The minimum absolute atomic E-state index is 0.734. The van der Waals surface area contributed by atoms with E-state index in [1.165, 1.54) is 37.9 Å². The second-order valence-corrected chi connectivity index (χ2v) is 4.12. The third kappa shape index (κ3) is 2.81. The highest BCUT2D eigenvalue weighted by molar-refractivity contribution is 5.45. The third-order valence-electron chi connectivity index (χ3n) is 2.92. The topological polar surface area (TPSA) is 7.60 Å². The van der Waals surface area contributed by atoms with Gasteiger partial charge in [-0.05, 0) is 31.5 Å². The van der Waals surface area contributed by atoms with Gasteiger partial charge in [0.05, 0.1) is 6.57 Å². The molecule has 0 unspecified atom stereocenters. The molecular formula is C13H16N2. The Kier molecular flexibility index (Phi) is 3.37. The number of piperidine rings is 1. The van der Waals surface area contributed by atoms with Gasteiger partial charge in [0.1, 0.15) is 0 Å². The van der Waals surface area contributed by atoms with Crippen LogP contribution in [0.15, 0.2) is 24.3 Å². The summed E-state index contributed by atoms with van der Waals surface area (Å²) in [4.78, 5) is 5.89. The van der Waals surface area contributed by atoms with Crippen LogP contribution in [0.2, 0.25) is 0 Å².